The molecule has 0 bridgehead atoms. The van der Waals surface area contributed by atoms with Gasteiger partial charge in [-0.05, 0) is 18.2 Å². The molecular weight excluding hydrogens is 265 g/mol. The number of rotatable bonds is 7. The van der Waals surface area contributed by atoms with E-state index in [2.05, 4.69) is 5.32 Å². The topological polar surface area (TPSA) is 61.7 Å². The average Bonchev–Trinajstić information content (AvgIpc) is 2.28. The van der Waals surface area contributed by atoms with Crippen molar-refractivity contribution >= 4 is 23.2 Å². The van der Waals surface area contributed by atoms with Crippen LogP contribution in [0, 0.1) is 0 Å². The van der Waals surface area contributed by atoms with Crippen LogP contribution < -0.4 is 10.1 Å². The lowest BCUT2D eigenvalue weighted by molar-refractivity contribution is 0.105. The fourth-order valence-electron chi connectivity index (χ4n) is 1.18. The Hall–Kier alpha value is -0.520. The standard InChI is InChI=1S/C11H15Cl2NO3/c12-8-1-2-11(10(13)5-8)17-7-9(16)6-14-3-4-15/h1-2,5,9,14-16H,3-4,6-7H2. The fourth-order valence-corrected chi connectivity index (χ4v) is 1.65. The Morgan fingerprint density at radius 1 is 1.35 bits per heavy atom. The molecule has 0 aliphatic heterocycles. The van der Waals surface area contributed by atoms with Crippen molar-refractivity contribution in [1.29, 1.82) is 0 Å². The number of ether oxygens (including phenoxy) is 1. The SMILES string of the molecule is OCCNCC(O)COc1ccc(Cl)cc1Cl. The van der Waals surface area contributed by atoms with Gasteiger partial charge in [0.2, 0.25) is 0 Å². The number of halogens is 2. The molecule has 1 aromatic rings. The first-order valence-electron chi connectivity index (χ1n) is 5.21. The molecule has 0 aliphatic carbocycles. The minimum absolute atomic E-state index is 0.0383. The van der Waals surface area contributed by atoms with Crippen LogP contribution in [0.25, 0.3) is 0 Å². The molecule has 1 atom stereocenters. The Bertz CT molecular complexity index is 349. The summed E-state index contributed by atoms with van der Waals surface area (Å²) in [5.41, 5.74) is 0. The third kappa shape index (κ3) is 5.57. The second kappa shape index (κ2) is 7.74. The van der Waals surface area contributed by atoms with Crippen molar-refractivity contribution in [3.63, 3.8) is 0 Å². The average molecular weight is 280 g/mol. The van der Waals surface area contributed by atoms with Crippen molar-refractivity contribution in [2.75, 3.05) is 26.3 Å². The summed E-state index contributed by atoms with van der Waals surface area (Å²) >= 11 is 11.6. The first-order valence-corrected chi connectivity index (χ1v) is 5.96. The highest BCUT2D eigenvalue weighted by atomic mass is 35.5. The van der Waals surface area contributed by atoms with E-state index in [0.717, 1.165) is 0 Å². The Morgan fingerprint density at radius 2 is 2.12 bits per heavy atom. The molecule has 0 aromatic heterocycles. The summed E-state index contributed by atoms with van der Waals surface area (Å²) in [6, 6.07) is 4.90. The number of benzene rings is 1. The Morgan fingerprint density at radius 3 is 2.76 bits per heavy atom. The molecule has 0 heterocycles. The lowest BCUT2D eigenvalue weighted by atomic mass is 10.3. The van der Waals surface area contributed by atoms with Crippen LogP contribution in [0.3, 0.4) is 0 Å². The molecule has 96 valence electrons. The molecule has 1 unspecified atom stereocenters. The second-order valence-corrected chi connectivity index (χ2v) is 4.31. The van der Waals surface area contributed by atoms with E-state index < -0.39 is 6.10 Å². The van der Waals surface area contributed by atoms with E-state index >= 15 is 0 Å². The molecule has 0 amide bonds. The zero-order valence-corrected chi connectivity index (χ0v) is 10.7. The van der Waals surface area contributed by atoms with Crippen molar-refractivity contribution in [2.24, 2.45) is 0 Å². The third-order valence-corrected chi connectivity index (χ3v) is 2.52. The molecule has 6 heteroatoms. The summed E-state index contributed by atoms with van der Waals surface area (Å²) in [6.07, 6.45) is -0.659. The predicted octanol–water partition coefficient (Wildman–Crippen LogP) is 1.31. The number of hydrogen-bond donors (Lipinski definition) is 3. The van der Waals surface area contributed by atoms with E-state index in [1.165, 1.54) is 0 Å². The van der Waals surface area contributed by atoms with Crippen LogP contribution in [-0.4, -0.2) is 42.6 Å². The van der Waals surface area contributed by atoms with Crippen LogP contribution in [-0.2, 0) is 0 Å². The largest absolute Gasteiger partial charge is 0.489 e. The molecule has 17 heavy (non-hydrogen) atoms. The van der Waals surface area contributed by atoms with Gasteiger partial charge in [0.15, 0.2) is 0 Å². The molecule has 1 rings (SSSR count). The highest BCUT2D eigenvalue weighted by Gasteiger charge is 2.07. The molecule has 0 saturated carbocycles. The van der Waals surface area contributed by atoms with Gasteiger partial charge in [-0.15, -0.1) is 0 Å². The molecule has 0 aliphatic rings. The smallest absolute Gasteiger partial charge is 0.138 e. The van der Waals surface area contributed by atoms with E-state index in [1.807, 2.05) is 0 Å². The number of hydrogen-bond acceptors (Lipinski definition) is 4. The van der Waals surface area contributed by atoms with Gasteiger partial charge < -0.3 is 20.3 Å². The van der Waals surface area contributed by atoms with E-state index in [-0.39, 0.29) is 13.2 Å². The predicted molar refractivity (Wildman–Crippen MR) is 67.9 cm³/mol. The van der Waals surface area contributed by atoms with Gasteiger partial charge >= 0.3 is 0 Å². The van der Waals surface area contributed by atoms with Gasteiger partial charge in [0.1, 0.15) is 18.5 Å². The van der Waals surface area contributed by atoms with Crippen LogP contribution in [0.15, 0.2) is 18.2 Å². The minimum atomic E-state index is -0.659. The van der Waals surface area contributed by atoms with Crippen molar-refractivity contribution < 1.29 is 14.9 Å². The molecule has 0 saturated heterocycles. The van der Waals surface area contributed by atoms with Crippen molar-refractivity contribution in [2.45, 2.75) is 6.10 Å². The summed E-state index contributed by atoms with van der Waals surface area (Å²) in [7, 11) is 0. The maximum Gasteiger partial charge on any atom is 0.138 e. The molecule has 0 spiro atoms. The van der Waals surface area contributed by atoms with Crippen LogP contribution in [0.1, 0.15) is 0 Å². The molecule has 4 nitrogen and oxygen atoms in total. The van der Waals surface area contributed by atoms with Gasteiger partial charge in [-0.2, -0.15) is 0 Å². The Kier molecular flexibility index (Phi) is 6.62. The molecule has 0 radical (unpaired) electrons. The van der Waals surface area contributed by atoms with Gasteiger partial charge in [0.25, 0.3) is 0 Å². The monoisotopic (exact) mass is 279 g/mol. The van der Waals surface area contributed by atoms with Crippen molar-refractivity contribution in [1.82, 2.24) is 5.32 Å². The zero-order valence-electron chi connectivity index (χ0n) is 9.20. The van der Waals surface area contributed by atoms with E-state index in [0.29, 0.717) is 28.9 Å². The normalized spacial score (nSPS) is 12.5. The fraction of sp³-hybridized carbons (Fsp3) is 0.455. The summed E-state index contributed by atoms with van der Waals surface area (Å²) in [4.78, 5) is 0. The third-order valence-electron chi connectivity index (χ3n) is 1.99. The van der Waals surface area contributed by atoms with Gasteiger partial charge in [-0.3, -0.25) is 0 Å². The van der Waals surface area contributed by atoms with Gasteiger partial charge in [-0.1, -0.05) is 23.2 Å². The maximum atomic E-state index is 9.54. The van der Waals surface area contributed by atoms with E-state index in [4.69, 9.17) is 33.0 Å². The zero-order chi connectivity index (χ0) is 12.7. The lowest BCUT2D eigenvalue weighted by Crippen LogP contribution is -2.32. The Balaban J connectivity index is 2.34. The Labute approximate surface area is 110 Å². The van der Waals surface area contributed by atoms with Gasteiger partial charge in [-0.25, -0.2) is 0 Å². The summed E-state index contributed by atoms with van der Waals surface area (Å²) < 4.78 is 5.34. The quantitative estimate of drug-likeness (QED) is 0.659. The molecular formula is C11H15Cl2NO3. The summed E-state index contributed by atoms with van der Waals surface area (Å²) in [5, 5.41) is 21.9. The number of nitrogens with one attached hydrogen (secondary N) is 1. The molecule has 1 aromatic carbocycles. The van der Waals surface area contributed by atoms with Gasteiger partial charge in [0.05, 0.1) is 11.6 Å². The lowest BCUT2D eigenvalue weighted by Gasteiger charge is -2.13. The first kappa shape index (κ1) is 14.5. The van der Waals surface area contributed by atoms with Crippen LogP contribution in [0.4, 0.5) is 0 Å². The van der Waals surface area contributed by atoms with E-state index in [1.54, 1.807) is 18.2 Å². The highest BCUT2D eigenvalue weighted by Crippen LogP contribution is 2.27. The van der Waals surface area contributed by atoms with Gasteiger partial charge in [0, 0.05) is 18.1 Å². The summed E-state index contributed by atoms with van der Waals surface area (Å²) in [6.45, 7) is 0.959. The maximum absolute atomic E-state index is 9.54. The van der Waals surface area contributed by atoms with Crippen LogP contribution in [0.2, 0.25) is 10.0 Å². The highest BCUT2D eigenvalue weighted by molar-refractivity contribution is 6.35. The van der Waals surface area contributed by atoms with Crippen LogP contribution in [0.5, 0.6) is 5.75 Å². The number of aliphatic hydroxyl groups excluding tert-OH is 2. The van der Waals surface area contributed by atoms with E-state index in [9.17, 15) is 5.11 Å². The first-order chi connectivity index (χ1) is 8.13. The summed E-state index contributed by atoms with van der Waals surface area (Å²) in [5.74, 6) is 0.484. The van der Waals surface area contributed by atoms with Crippen LogP contribution >= 0.6 is 23.2 Å². The molecule has 0 fully saturated rings. The molecule has 3 N–H and O–H groups in total. The van der Waals surface area contributed by atoms with Crippen molar-refractivity contribution in [3.8, 4) is 5.75 Å². The second-order valence-electron chi connectivity index (χ2n) is 3.47. The number of aliphatic hydroxyl groups is 2. The minimum Gasteiger partial charge on any atom is -0.489 e. The van der Waals surface area contributed by atoms with Crippen molar-refractivity contribution in [3.05, 3.63) is 28.2 Å².